The second-order valence-corrected chi connectivity index (χ2v) is 4.47. The van der Waals surface area contributed by atoms with Gasteiger partial charge in [-0.2, -0.15) is 12.8 Å². The molecule has 1 heterocycles. The van der Waals surface area contributed by atoms with E-state index in [9.17, 15) is 12.3 Å². The average Bonchev–Trinajstić information content (AvgIpc) is 2.08. The molecule has 3 nitrogen and oxygen atoms in total. The van der Waals surface area contributed by atoms with E-state index in [0.29, 0.717) is 0 Å². The van der Waals surface area contributed by atoms with Gasteiger partial charge in [-0.3, -0.25) is 0 Å². The summed E-state index contributed by atoms with van der Waals surface area (Å²) in [7, 11) is -4.70. The molecule has 62 valence electrons. The summed E-state index contributed by atoms with van der Waals surface area (Å²) in [5.74, 6) is 0. The molecule has 0 aliphatic rings. The summed E-state index contributed by atoms with van der Waals surface area (Å²) < 4.78 is 36.5. The van der Waals surface area contributed by atoms with E-state index in [1.807, 2.05) is 0 Å². The number of rotatable bonds is 1. The molecule has 1 aromatic heterocycles. The molecule has 0 saturated carbocycles. The van der Waals surface area contributed by atoms with E-state index in [-0.39, 0.29) is 10.0 Å². The topological polar surface area (TPSA) is 47.0 Å². The van der Waals surface area contributed by atoms with Gasteiger partial charge in [-0.05, 0) is 18.5 Å². The average molecular weight is 216 g/mol. The molecule has 0 atom stereocenters. The van der Waals surface area contributed by atoms with Crippen molar-refractivity contribution >= 4 is 33.4 Å². The first-order valence-corrected chi connectivity index (χ1v) is 5.03. The molecule has 1 rings (SSSR count). The summed E-state index contributed by atoms with van der Waals surface area (Å²) >= 11 is 6.12. The monoisotopic (exact) mass is 215 g/mol. The molecule has 0 aromatic carbocycles. The Bertz CT molecular complexity index is 352. The van der Waals surface area contributed by atoms with Gasteiger partial charge in [-0.1, -0.05) is 11.6 Å². The fraction of sp³-hybridized carbons (Fsp3) is 0.250. The van der Waals surface area contributed by atoms with E-state index in [2.05, 4.69) is 4.37 Å². The van der Waals surface area contributed by atoms with Gasteiger partial charge in [0.25, 0.3) is 0 Å². The first-order chi connectivity index (χ1) is 4.93. The van der Waals surface area contributed by atoms with Gasteiger partial charge >= 0.3 is 10.2 Å². The summed E-state index contributed by atoms with van der Waals surface area (Å²) in [6.45, 7) is 1.38. The predicted octanol–water partition coefficient (Wildman–Crippen LogP) is 1.76. The summed E-state index contributed by atoms with van der Waals surface area (Å²) in [5.41, 5.74) is 0.0995. The normalized spacial score (nSPS) is 11.9. The van der Waals surface area contributed by atoms with Crippen LogP contribution in [-0.4, -0.2) is 12.8 Å². The van der Waals surface area contributed by atoms with Crippen LogP contribution in [0.4, 0.5) is 3.89 Å². The van der Waals surface area contributed by atoms with Crippen LogP contribution in [0.15, 0.2) is 4.90 Å². The second kappa shape index (κ2) is 2.69. The zero-order valence-electron chi connectivity index (χ0n) is 5.34. The van der Waals surface area contributed by atoms with E-state index >= 15 is 0 Å². The smallest absolute Gasteiger partial charge is 0.195 e. The Labute approximate surface area is 72.2 Å². The van der Waals surface area contributed by atoms with Crippen molar-refractivity contribution in [2.24, 2.45) is 0 Å². The molecule has 0 spiro atoms. The summed E-state index contributed by atoms with van der Waals surface area (Å²) in [5, 5.41) is 0. The Morgan fingerprint density at radius 3 is 2.36 bits per heavy atom. The van der Waals surface area contributed by atoms with Gasteiger partial charge in [0.05, 0.1) is 5.69 Å². The molecule has 0 saturated heterocycles. The van der Waals surface area contributed by atoms with Gasteiger partial charge in [0.1, 0.15) is 4.34 Å². The molecule has 0 bridgehead atoms. The van der Waals surface area contributed by atoms with Gasteiger partial charge in [0, 0.05) is 0 Å². The maximum absolute atomic E-state index is 12.3. The number of aromatic nitrogens is 1. The fourth-order valence-electron chi connectivity index (χ4n) is 0.606. The maximum atomic E-state index is 12.3. The van der Waals surface area contributed by atoms with Crippen LogP contribution in [0.5, 0.6) is 0 Å². The molecule has 0 aliphatic carbocycles. The number of nitrogens with zero attached hydrogens (tertiary/aromatic N) is 1. The second-order valence-electron chi connectivity index (χ2n) is 1.81. The molecule has 0 radical (unpaired) electrons. The van der Waals surface area contributed by atoms with E-state index < -0.39 is 15.1 Å². The predicted molar refractivity (Wildman–Crippen MR) is 40.2 cm³/mol. The molecule has 0 aliphatic heterocycles. The molecule has 7 heteroatoms. The highest BCUT2D eigenvalue weighted by molar-refractivity contribution is 7.86. The van der Waals surface area contributed by atoms with Gasteiger partial charge in [-0.15, -0.1) is 3.89 Å². The third-order valence-electron chi connectivity index (χ3n) is 1.01. The number of hydrogen-bond donors (Lipinski definition) is 0. The van der Waals surface area contributed by atoms with Crippen molar-refractivity contribution in [2.45, 2.75) is 11.8 Å². The SMILES string of the molecule is Cc1nsc(Cl)c1S(=O)(=O)F. The zero-order chi connectivity index (χ0) is 8.65. The van der Waals surface area contributed by atoms with E-state index in [1.54, 1.807) is 0 Å². The number of halogens is 2. The Kier molecular flexibility index (Phi) is 2.17. The molecular formula is C4H3ClFNO2S2. The van der Waals surface area contributed by atoms with Gasteiger partial charge in [-0.25, -0.2) is 0 Å². The van der Waals surface area contributed by atoms with E-state index in [4.69, 9.17) is 11.6 Å². The molecule has 0 N–H and O–H groups in total. The highest BCUT2D eigenvalue weighted by atomic mass is 35.5. The standard InChI is InChI=1S/C4H3ClFNO2S2/c1-2-3(11(6,8)9)4(5)10-7-2/h1H3. The van der Waals surface area contributed by atoms with Crippen LogP contribution in [0.2, 0.25) is 4.34 Å². The van der Waals surface area contributed by atoms with Crippen molar-refractivity contribution < 1.29 is 12.3 Å². The maximum Gasteiger partial charge on any atom is 0.336 e. The minimum Gasteiger partial charge on any atom is -0.195 e. The van der Waals surface area contributed by atoms with Crippen molar-refractivity contribution in [1.29, 1.82) is 0 Å². The van der Waals surface area contributed by atoms with E-state index in [0.717, 1.165) is 11.5 Å². The lowest BCUT2D eigenvalue weighted by Crippen LogP contribution is -1.92. The largest absolute Gasteiger partial charge is 0.336 e. The van der Waals surface area contributed by atoms with Crippen molar-refractivity contribution in [1.82, 2.24) is 4.37 Å². The Morgan fingerprint density at radius 1 is 1.64 bits per heavy atom. The lowest BCUT2D eigenvalue weighted by molar-refractivity contribution is 0.551. The van der Waals surface area contributed by atoms with Crippen LogP contribution in [0.3, 0.4) is 0 Å². The third kappa shape index (κ3) is 1.69. The van der Waals surface area contributed by atoms with Crippen LogP contribution >= 0.6 is 23.1 Å². The first kappa shape index (κ1) is 8.89. The molecule has 11 heavy (non-hydrogen) atoms. The van der Waals surface area contributed by atoms with Gasteiger partial charge in [0.2, 0.25) is 0 Å². The number of hydrogen-bond acceptors (Lipinski definition) is 4. The van der Waals surface area contributed by atoms with Crippen molar-refractivity contribution in [2.75, 3.05) is 0 Å². The van der Waals surface area contributed by atoms with Crippen molar-refractivity contribution in [3.8, 4) is 0 Å². The van der Waals surface area contributed by atoms with Crippen LogP contribution in [0.25, 0.3) is 0 Å². The zero-order valence-corrected chi connectivity index (χ0v) is 7.73. The first-order valence-electron chi connectivity index (χ1n) is 2.49. The fourth-order valence-corrected chi connectivity index (χ4v) is 2.72. The third-order valence-corrected chi connectivity index (χ3v) is 3.37. The summed E-state index contributed by atoms with van der Waals surface area (Å²) in [6.07, 6.45) is 0. The molecular weight excluding hydrogens is 213 g/mol. The summed E-state index contributed by atoms with van der Waals surface area (Å²) in [6, 6.07) is 0. The van der Waals surface area contributed by atoms with E-state index in [1.165, 1.54) is 6.92 Å². The lowest BCUT2D eigenvalue weighted by Gasteiger charge is -1.89. The Balaban J connectivity index is 3.45. The Morgan fingerprint density at radius 2 is 2.18 bits per heavy atom. The lowest BCUT2D eigenvalue weighted by atomic mass is 10.5. The Hall–Kier alpha value is -0.200. The number of aryl methyl sites for hydroxylation is 1. The van der Waals surface area contributed by atoms with Gasteiger partial charge in [0.15, 0.2) is 4.90 Å². The summed E-state index contributed by atoms with van der Waals surface area (Å²) in [4.78, 5) is -0.510. The minimum absolute atomic E-state index is 0.0995. The van der Waals surface area contributed by atoms with Crippen molar-refractivity contribution in [3.05, 3.63) is 10.0 Å². The van der Waals surface area contributed by atoms with Crippen molar-refractivity contribution in [3.63, 3.8) is 0 Å². The molecule has 0 unspecified atom stereocenters. The molecule has 0 fully saturated rings. The molecule has 0 amide bonds. The van der Waals surface area contributed by atoms with Crippen LogP contribution in [0.1, 0.15) is 5.69 Å². The molecule has 1 aromatic rings. The minimum atomic E-state index is -4.70. The quantitative estimate of drug-likeness (QED) is 0.671. The van der Waals surface area contributed by atoms with Crippen LogP contribution in [-0.2, 0) is 10.2 Å². The highest BCUT2D eigenvalue weighted by Gasteiger charge is 2.22. The van der Waals surface area contributed by atoms with Crippen LogP contribution in [0, 0.1) is 6.92 Å². The van der Waals surface area contributed by atoms with Gasteiger partial charge < -0.3 is 0 Å². The van der Waals surface area contributed by atoms with Crippen LogP contribution < -0.4 is 0 Å². The highest BCUT2D eigenvalue weighted by Crippen LogP contribution is 2.29.